The summed E-state index contributed by atoms with van der Waals surface area (Å²) >= 11 is 6.15. The first kappa shape index (κ1) is 15.1. The molecule has 0 radical (unpaired) electrons. The predicted molar refractivity (Wildman–Crippen MR) is 85.2 cm³/mol. The Kier molecular flexibility index (Phi) is 4.65. The molecule has 0 aliphatic heterocycles. The second-order valence-corrected chi connectivity index (χ2v) is 4.67. The monoisotopic (exact) mass is 308 g/mol. The minimum absolute atomic E-state index is 0.474. The van der Waals surface area contributed by atoms with E-state index < -0.39 is 0 Å². The zero-order valence-corrected chi connectivity index (χ0v) is 12.8. The highest BCUT2D eigenvalue weighted by Crippen LogP contribution is 2.38. The van der Waals surface area contributed by atoms with Gasteiger partial charge in [0.15, 0.2) is 0 Å². The van der Waals surface area contributed by atoms with Crippen molar-refractivity contribution in [1.29, 1.82) is 0 Å². The second kappa shape index (κ2) is 6.45. The third-order valence-electron chi connectivity index (χ3n) is 3.00. The molecule has 0 aliphatic carbocycles. The van der Waals surface area contributed by atoms with Crippen molar-refractivity contribution < 1.29 is 14.2 Å². The van der Waals surface area contributed by atoms with Crippen molar-refractivity contribution >= 4 is 28.7 Å². The van der Waals surface area contributed by atoms with Crippen LogP contribution in [0.1, 0.15) is 0 Å². The molecule has 0 unspecified atom stereocenters. The standard InChI is InChI=1S/C15H17ClN2O3/c1-19-9-4-5-11(17)12(6-9)18-13-7-10(16)14(20-2)8-15(13)21-3/h4-8,18H,17H2,1-3H3. The Morgan fingerprint density at radius 3 is 2.24 bits per heavy atom. The second-order valence-electron chi connectivity index (χ2n) is 4.27. The number of rotatable bonds is 5. The Morgan fingerprint density at radius 2 is 1.62 bits per heavy atom. The van der Waals surface area contributed by atoms with Crippen molar-refractivity contribution in [3.05, 3.63) is 35.4 Å². The molecule has 0 heterocycles. The van der Waals surface area contributed by atoms with Crippen molar-refractivity contribution in [1.82, 2.24) is 0 Å². The highest BCUT2D eigenvalue weighted by molar-refractivity contribution is 6.32. The summed E-state index contributed by atoms with van der Waals surface area (Å²) in [5.74, 6) is 1.83. The zero-order chi connectivity index (χ0) is 15.4. The van der Waals surface area contributed by atoms with Crippen LogP contribution in [0, 0.1) is 0 Å². The summed E-state index contributed by atoms with van der Waals surface area (Å²) in [5.41, 5.74) is 7.94. The van der Waals surface area contributed by atoms with E-state index in [1.54, 1.807) is 51.7 Å². The van der Waals surface area contributed by atoms with Gasteiger partial charge in [0, 0.05) is 12.1 Å². The van der Waals surface area contributed by atoms with Crippen LogP contribution in [0.25, 0.3) is 0 Å². The van der Waals surface area contributed by atoms with Gasteiger partial charge in [0.05, 0.1) is 43.4 Å². The van der Waals surface area contributed by atoms with Crippen LogP contribution in [0.4, 0.5) is 17.1 Å². The van der Waals surface area contributed by atoms with Crippen LogP contribution in [0.15, 0.2) is 30.3 Å². The fourth-order valence-electron chi connectivity index (χ4n) is 1.87. The summed E-state index contributed by atoms with van der Waals surface area (Å²) in [6, 6.07) is 8.78. The molecule has 6 heteroatoms. The maximum absolute atomic E-state index is 6.15. The Bertz CT molecular complexity index is 647. The molecule has 2 rings (SSSR count). The van der Waals surface area contributed by atoms with Crippen molar-refractivity contribution in [2.45, 2.75) is 0 Å². The van der Waals surface area contributed by atoms with Crippen LogP contribution < -0.4 is 25.3 Å². The van der Waals surface area contributed by atoms with E-state index in [9.17, 15) is 0 Å². The minimum atomic E-state index is 0.474. The first-order valence-corrected chi connectivity index (χ1v) is 6.59. The van der Waals surface area contributed by atoms with Crippen LogP contribution in [-0.2, 0) is 0 Å². The average Bonchev–Trinajstić information content (AvgIpc) is 2.49. The molecule has 5 nitrogen and oxygen atoms in total. The molecule has 2 aromatic rings. The lowest BCUT2D eigenvalue weighted by Gasteiger charge is -2.15. The Labute approximate surface area is 128 Å². The van der Waals surface area contributed by atoms with Gasteiger partial charge < -0.3 is 25.3 Å². The number of benzene rings is 2. The van der Waals surface area contributed by atoms with Crippen LogP contribution in [0.2, 0.25) is 5.02 Å². The van der Waals surface area contributed by atoms with Crippen LogP contribution in [-0.4, -0.2) is 21.3 Å². The quantitative estimate of drug-likeness (QED) is 0.825. The van der Waals surface area contributed by atoms with Gasteiger partial charge in [-0.3, -0.25) is 0 Å². The first-order chi connectivity index (χ1) is 10.1. The largest absolute Gasteiger partial charge is 0.497 e. The maximum atomic E-state index is 6.15. The van der Waals surface area contributed by atoms with E-state index in [1.807, 2.05) is 0 Å². The molecule has 0 atom stereocenters. The molecule has 21 heavy (non-hydrogen) atoms. The van der Waals surface area contributed by atoms with E-state index >= 15 is 0 Å². The van der Waals surface area contributed by atoms with Gasteiger partial charge >= 0.3 is 0 Å². The lowest BCUT2D eigenvalue weighted by atomic mass is 10.2. The van der Waals surface area contributed by atoms with E-state index in [2.05, 4.69) is 5.32 Å². The molecule has 0 fully saturated rings. The lowest BCUT2D eigenvalue weighted by molar-refractivity contribution is 0.396. The molecule has 0 spiro atoms. The molecule has 0 bridgehead atoms. The Hall–Kier alpha value is -2.27. The molecule has 0 aliphatic rings. The number of nitrogens with one attached hydrogen (secondary N) is 1. The maximum Gasteiger partial charge on any atom is 0.146 e. The van der Waals surface area contributed by atoms with E-state index in [4.69, 9.17) is 31.5 Å². The molecular weight excluding hydrogens is 292 g/mol. The normalized spacial score (nSPS) is 10.1. The van der Waals surface area contributed by atoms with Crippen molar-refractivity contribution in [2.24, 2.45) is 0 Å². The summed E-state index contributed by atoms with van der Waals surface area (Å²) in [5, 5.41) is 3.66. The van der Waals surface area contributed by atoms with Crippen LogP contribution in [0.5, 0.6) is 17.2 Å². The summed E-state index contributed by atoms with van der Waals surface area (Å²) in [4.78, 5) is 0. The van der Waals surface area contributed by atoms with Crippen molar-refractivity contribution in [2.75, 3.05) is 32.4 Å². The lowest BCUT2D eigenvalue weighted by Crippen LogP contribution is -2.00. The molecule has 0 amide bonds. The number of hydrogen-bond donors (Lipinski definition) is 2. The van der Waals surface area contributed by atoms with E-state index in [0.29, 0.717) is 39.3 Å². The highest BCUT2D eigenvalue weighted by atomic mass is 35.5. The summed E-state index contributed by atoms with van der Waals surface area (Å²) < 4.78 is 15.7. The third kappa shape index (κ3) is 3.25. The predicted octanol–water partition coefficient (Wildman–Crippen LogP) is 3.69. The van der Waals surface area contributed by atoms with Gasteiger partial charge in [0.1, 0.15) is 17.2 Å². The van der Waals surface area contributed by atoms with E-state index in [0.717, 1.165) is 0 Å². The van der Waals surface area contributed by atoms with E-state index in [1.165, 1.54) is 0 Å². The van der Waals surface area contributed by atoms with Crippen LogP contribution in [0.3, 0.4) is 0 Å². The van der Waals surface area contributed by atoms with Gasteiger partial charge in [0.25, 0.3) is 0 Å². The SMILES string of the molecule is COc1ccc(N)c(Nc2cc(Cl)c(OC)cc2OC)c1. The molecular formula is C15H17ClN2O3. The van der Waals surface area contributed by atoms with Crippen molar-refractivity contribution in [3.8, 4) is 17.2 Å². The fraction of sp³-hybridized carbons (Fsp3) is 0.200. The third-order valence-corrected chi connectivity index (χ3v) is 3.30. The smallest absolute Gasteiger partial charge is 0.146 e. The molecule has 0 saturated carbocycles. The average molecular weight is 309 g/mol. The summed E-state index contributed by atoms with van der Waals surface area (Å²) in [7, 11) is 4.72. The van der Waals surface area contributed by atoms with Gasteiger partial charge in [-0.2, -0.15) is 0 Å². The number of ether oxygens (including phenoxy) is 3. The summed E-state index contributed by atoms with van der Waals surface area (Å²) in [6.07, 6.45) is 0. The van der Waals surface area contributed by atoms with Gasteiger partial charge in [-0.25, -0.2) is 0 Å². The molecule has 0 aromatic heterocycles. The van der Waals surface area contributed by atoms with E-state index in [-0.39, 0.29) is 0 Å². The van der Waals surface area contributed by atoms with Gasteiger partial charge in [-0.05, 0) is 18.2 Å². The number of hydrogen-bond acceptors (Lipinski definition) is 5. The highest BCUT2D eigenvalue weighted by Gasteiger charge is 2.11. The Morgan fingerprint density at radius 1 is 0.905 bits per heavy atom. The Balaban J connectivity index is 2.41. The number of methoxy groups -OCH3 is 3. The number of nitrogen functional groups attached to an aromatic ring is 1. The first-order valence-electron chi connectivity index (χ1n) is 6.21. The number of anilines is 3. The van der Waals surface area contributed by atoms with Crippen LogP contribution >= 0.6 is 11.6 Å². The topological polar surface area (TPSA) is 65.7 Å². The fourth-order valence-corrected chi connectivity index (χ4v) is 2.11. The minimum Gasteiger partial charge on any atom is -0.497 e. The van der Waals surface area contributed by atoms with Gasteiger partial charge in [-0.15, -0.1) is 0 Å². The number of nitrogens with two attached hydrogens (primary N) is 1. The molecule has 2 aromatic carbocycles. The molecule has 112 valence electrons. The van der Waals surface area contributed by atoms with Crippen molar-refractivity contribution in [3.63, 3.8) is 0 Å². The molecule has 3 N–H and O–H groups in total. The summed E-state index contributed by atoms with van der Waals surface area (Å²) in [6.45, 7) is 0. The molecule has 0 saturated heterocycles. The van der Waals surface area contributed by atoms with Gasteiger partial charge in [-0.1, -0.05) is 11.6 Å². The number of halogens is 1. The van der Waals surface area contributed by atoms with Gasteiger partial charge in [0.2, 0.25) is 0 Å². The zero-order valence-electron chi connectivity index (χ0n) is 12.1.